The molecule has 1 N–H and O–H groups in total. The van der Waals surface area contributed by atoms with Gasteiger partial charge in [-0.05, 0) is 30.7 Å². The molecular formula is C14H11F4NO. The van der Waals surface area contributed by atoms with Crippen LogP contribution >= 0.6 is 0 Å². The monoisotopic (exact) mass is 285 g/mol. The van der Waals surface area contributed by atoms with Crippen molar-refractivity contribution in [3.05, 3.63) is 64.7 Å². The van der Waals surface area contributed by atoms with Crippen LogP contribution in [-0.2, 0) is 6.18 Å². The number of alkyl halides is 3. The lowest BCUT2D eigenvalue weighted by atomic mass is 9.96. The number of hydrogen-bond donors (Lipinski definition) is 1. The average Bonchev–Trinajstić information content (AvgIpc) is 2.36. The van der Waals surface area contributed by atoms with Crippen LogP contribution in [0.4, 0.5) is 17.6 Å². The smallest absolute Gasteiger partial charge is 0.384 e. The summed E-state index contributed by atoms with van der Waals surface area (Å²) in [6, 6.07) is 3.53. The molecule has 20 heavy (non-hydrogen) atoms. The normalized spacial score (nSPS) is 13.3. The van der Waals surface area contributed by atoms with Gasteiger partial charge in [-0.15, -0.1) is 0 Å². The highest BCUT2D eigenvalue weighted by molar-refractivity contribution is 5.37. The highest BCUT2D eigenvalue weighted by atomic mass is 19.4. The third-order valence-corrected chi connectivity index (χ3v) is 2.83. The first-order chi connectivity index (χ1) is 9.29. The molecule has 0 aliphatic heterocycles. The Labute approximate surface area is 112 Å². The van der Waals surface area contributed by atoms with Gasteiger partial charge in [0.2, 0.25) is 0 Å². The number of halogens is 4. The molecule has 0 saturated heterocycles. The van der Waals surface area contributed by atoms with Crippen LogP contribution in [0, 0.1) is 12.7 Å². The molecule has 1 heterocycles. The predicted octanol–water partition coefficient (Wildman–Crippen LogP) is 3.63. The van der Waals surface area contributed by atoms with Crippen molar-refractivity contribution >= 4 is 0 Å². The summed E-state index contributed by atoms with van der Waals surface area (Å²) in [6.07, 6.45) is -3.49. The lowest BCUT2D eigenvalue weighted by Gasteiger charge is -2.18. The number of aromatic nitrogens is 1. The Kier molecular flexibility index (Phi) is 3.76. The van der Waals surface area contributed by atoms with Crippen LogP contribution in [0.2, 0.25) is 0 Å². The molecule has 0 saturated carbocycles. The van der Waals surface area contributed by atoms with Gasteiger partial charge in [0.15, 0.2) is 0 Å². The molecule has 0 fully saturated rings. The molecule has 0 bridgehead atoms. The van der Waals surface area contributed by atoms with Gasteiger partial charge in [-0.25, -0.2) is 4.39 Å². The number of aliphatic hydroxyl groups excluding tert-OH is 1. The zero-order chi connectivity index (χ0) is 14.9. The van der Waals surface area contributed by atoms with Crippen molar-refractivity contribution in [1.82, 2.24) is 4.98 Å². The average molecular weight is 285 g/mol. The number of aryl methyl sites for hydroxylation is 1. The first-order valence-electron chi connectivity index (χ1n) is 5.75. The van der Waals surface area contributed by atoms with Crippen LogP contribution in [0.5, 0.6) is 0 Å². The van der Waals surface area contributed by atoms with Gasteiger partial charge in [0.25, 0.3) is 0 Å². The van der Waals surface area contributed by atoms with Gasteiger partial charge < -0.3 is 5.11 Å². The molecule has 0 aliphatic rings. The summed E-state index contributed by atoms with van der Waals surface area (Å²) in [5, 5.41) is 10.1. The second-order valence-corrected chi connectivity index (χ2v) is 4.43. The van der Waals surface area contributed by atoms with E-state index in [0.717, 1.165) is 0 Å². The number of pyridine rings is 1. The minimum absolute atomic E-state index is 0.182. The van der Waals surface area contributed by atoms with E-state index < -0.39 is 29.2 Å². The lowest BCUT2D eigenvalue weighted by molar-refractivity contribution is -0.139. The van der Waals surface area contributed by atoms with Crippen LogP contribution in [0.3, 0.4) is 0 Å². The third-order valence-electron chi connectivity index (χ3n) is 2.83. The first-order valence-corrected chi connectivity index (χ1v) is 5.75. The van der Waals surface area contributed by atoms with Crippen molar-refractivity contribution in [1.29, 1.82) is 0 Å². The number of rotatable bonds is 2. The number of nitrogens with zero attached hydrogens (tertiary/aromatic N) is 1. The maximum absolute atomic E-state index is 13.2. The van der Waals surface area contributed by atoms with Crippen LogP contribution in [0.15, 0.2) is 36.7 Å². The molecule has 1 atom stereocenters. The van der Waals surface area contributed by atoms with Gasteiger partial charge in [-0.2, -0.15) is 13.2 Å². The maximum Gasteiger partial charge on any atom is 0.416 e. The van der Waals surface area contributed by atoms with E-state index in [-0.39, 0.29) is 5.56 Å². The topological polar surface area (TPSA) is 33.1 Å². The Balaban J connectivity index is 2.54. The molecule has 106 valence electrons. The quantitative estimate of drug-likeness (QED) is 0.855. The van der Waals surface area contributed by atoms with Gasteiger partial charge in [-0.3, -0.25) is 4.98 Å². The molecular weight excluding hydrogens is 274 g/mol. The second kappa shape index (κ2) is 5.20. The molecule has 1 unspecified atom stereocenters. The highest BCUT2D eigenvalue weighted by Gasteiger charge is 2.35. The Bertz CT molecular complexity index is 625. The number of aliphatic hydroxyl groups is 1. The summed E-state index contributed by atoms with van der Waals surface area (Å²) < 4.78 is 51.9. The van der Waals surface area contributed by atoms with E-state index in [1.54, 1.807) is 6.92 Å². The fourth-order valence-corrected chi connectivity index (χ4v) is 1.93. The molecule has 0 spiro atoms. The summed E-state index contributed by atoms with van der Waals surface area (Å²) in [5.41, 5.74) is -0.717. The van der Waals surface area contributed by atoms with Crippen molar-refractivity contribution in [3.63, 3.8) is 0 Å². The van der Waals surface area contributed by atoms with Crippen LogP contribution in [-0.4, -0.2) is 10.1 Å². The fraction of sp³-hybridized carbons (Fsp3) is 0.214. The molecule has 0 amide bonds. The molecule has 2 nitrogen and oxygen atoms in total. The van der Waals surface area contributed by atoms with Crippen LogP contribution in [0.1, 0.15) is 28.4 Å². The Morgan fingerprint density at radius 1 is 1.15 bits per heavy atom. The van der Waals surface area contributed by atoms with Crippen molar-refractivity contribution < 1.29 is 22.7 Å². The zero-order valence-electron chi connectivity index (χ0n) is 10.4. The second-order valence-electron chi connectivity index (χ2n) is 4.43. The SMILES string of the molecule is Cc1cncc(C(O)c2cc(F)ccc2C(F)(F)F)c1. The molecule has 0 radical (unpaired) electrons. The molecule has 6 heteroatoms. The summed E-state index contributed by atoms with van der Waals surface area (Å²) in [6.45, 7) is 1.69. The van der Waals surface area contributed by atoms with Crippen LogP contribution in [0.25, 0.3) is 0 Å². The van der Waals surface area contributed by atoms with Crippen molar-refractivity contribution in [2.45, 2.75) is 19.2 Å². The number of benzene rings is 1. The van der Waals surface area contributed by atoms with E-state index in [1.165, 1.54) is 18.5 Å². The van der Waals surface area contributed by atoms with E-state index in [2.05, 4.69) is 4.98 Å². The maximum atomic E-state index is 13.2. The molecule has 1 aromatic heterocycles. The Morgan fingerprint density at radius 2 is 1.85 bits per heavy atom. The van der Waals surface area contributed by atoms with E-state index >= 15 is 0 Å². The first kappa shape index (κ1) is 14.5. The van der Waals surface area contributed by atoms with Gasteiger partial charge in [0, 0.05) is 23.5 Å². The summed E-state index contributed by atoms with van der Waals surface area (Å²) in [4.78, 5) is 3.81. The Morgan fingerprint density at radius 3 is 2.45 bits per heavy atom. The summed E-state index contributed by atoms with van der Waals surface area (Å²) >= 11 is 0. The third kappa shape index (κ3) is 2.96. The van der Waals surface area contributed by atoms with Crippen molar-refractivity contribution in [2.24, 2.45) is 0 Å². The lowest BCUT2D eigenvalue weighted by Crippen LogP contribution is -2.13. The predicted molar refractivity (Wildman–Crippen MR) is 64.4 cm³/mol. The zero-order valence-corrected chi connectivity index (χ0v) is 10.4. The summed E-state index contributed by atoms with van der Waals surface area (Å²) in [7, 11) is 0. The van der Waals surface area contributed by atoms with Gasteiger partial charge >= 0.3 is 6.18 Å². The van der Waals surface area contributed by atoms with Gasteiger partial charge in [0.05, 0.1) is 5.56 Å². The standard InChI is InChI=1S/C14H11F4NO/c1-8-4-9(7-19-6-8)13(20)11-5-10(15)2-3-12(11)14(16,17)18/h2-7,13,20H,1H3. The van der Waals surface area contributed by atoms with E-state index in [0.29, 0.717) is 23.8 Å². The molecule has 2 aromatic rings. The van der Waals surface area contributed by atoms with E-state index in [9.17, 15) is 22.7 Å². The van der Waals surface area contributed by atoms with Gasteiger partial charge in [0.1, 0.15) is 11.9 Å². The fourth-order valence-electron chi connectivity index (χ4n) is 1.93. The van der Waals surface area contributed by atoms with E-state index in [1.807, 2.05) is 0 Å². The molecule has 1 aromatic carbocycles. The minimum Gasteiger partial charge on any atom is -0.384 e. The highest BCUT2D eigenvalue weighted by Crippen LogP contribution is 2.36. The Hall–Kier alpha value is -1.95. The molecule has 0 aliphatic carbocycles. The van der Waals surface area contributed by atoms with Crippen molar-refractivity contribution in [3.8, 4) is 0 Å². The van der Waals surface area contributed by atoms with Crippen molar-refractivity contribution in [2.75, 3.05) is 0 Å². The molecule has 2 rings (SSSR count). The summed E-state index contributed by atoms with van der Waals surface area (Å²) in [5.74, 6) is -0.840. The van der Waals surface area contributed by atoms with Gasteiger partial charge in [-0.1, -0.05) is 6.07 Å². The minimum atomic E-state index is -4.67. The number of hydrogen-bond acceptors (Lipinski definition) is 2. The largest absolute Gasteiger partial charge is 0.416 e. The van der Waals surface area contributed by atoms with E-state index in [4.69, 9.17) is 0 Å². The van der Waals surface area contributed by atoms with Crippen LogP contribution < -0.4 is 0 Å².